The summed E-state index contributed by atoms with van der Waals surface area (Å²) < 4.78 is 33.5. The van der Waals surface area contributed by atoms with E-state index >= 15 is 0 Å². The van der Waals surface area contributed by atoms with Crippen LogP contribution in [0.2, 0.25) is 0 Å². The van der Waals surface area contributed by atoms with Gasteiger partial charge in [0, 0.05) is 12.8 Å². The third kappa shape index (κ3) is 31.2. The lowest BCUT2D eigenvalue weighted by Gasteiger charge is -2.41. The van der Waals surface area contributed by atoms with E-state index in [9.17, 15) is 44.6 Å². The smallest absolute Gasteiger partial charge is 0.462 e. The van der Waals surface area contributed by atoms with Crippen molar-refractivity contribution in [3.05, 3.63) is 60.8 Å². The van der Waals surface area contributed by atoms with Gasteiger partial charge in [0.2, 0.25) is 0 Å². The number of esters is 2. The summed E-state index contributed by atoms with van der Waals surface area (Å²) >= 11 is 0. The maximum absolute atomic E-state index is 12.8. The highest BCUT2D eigenvalue weighted by molar-refractivity contribution is 7.47. The molecule has 0 aromatic carbocycles. The fourth-order valence-corrected chi connectivity index (χ4v) is 7.95. The second-order valence-corrected chi connectivity index (χ2v) is 18.0. The SMILES string of the molecule is CCCCCC=CCC=CCC=CCC=CCC=CCCC(=O)OC(COC(=O)CCCCCCCCCCCCCCCCC)COP(=O)(O)OC1C(O)C(O)C(O)C(O)C1O. The van der Waals surface area contributed by atoms with Gasteiger partial charge in [0.15, 0.2) is 6.10 Å². The Balaban J connectivity index is 2.50. The molecule has 1 aliphatic rings. The predicted molar refractivity (Wildman–Crippen MR) is 249 cm³/mol. The number of unbranched alkanes of at least 4 members (excludes halogenated alkanes) is 17. The molecule has 1 fully saturated rings. The molecule has 6 atom stereocenters. The average molecular weight is 913 g/mol. The van der Waals surface area contributed by atoms with E-state index in [1.165, 1.54) is 89.9 Å². The van der Waals surface area contributed by atoms with Gasteiger partial charge >= 0.3 is 19.8 Å². The monoisotopic (exact) mass is 913 g/mol. The van der Waals surface area contributed by atoms with Crippen molar-refractivity contribution < 1.29 is 63.1 Å². The number of carbonyl (C=O) groups is 2. The molecule has 63 heavy (non-hydrogen) atoms. The van der Waals surface area contributed by atoms with Crippen LogP contribution < -0.4 is 0 Å². The molecule has 0 radical (unpaired) electrons. The molecule has 1 aliphatic carbocycles. The number of hydrogen-bond donors (Lipinski definition) is 6. The zero-order valence-electron chi connectivity index (χ0n) is 38.6. The Hall–Kier alpha value is -2.45. The minimum Gasteiger partial charge on any atom is -0.462 e. The molecular formula is C49H85O13P. The molecule has 0 amide bonds. The number of aliphatic hydroxyl groups is 5. The van der Waals surface area contributed by atoms with E-state index in [-0.39, 0.29) is 12.8 Å². The molecule has 1 rings (SSSR count). The van der Waals surface area contributed by atoms with Crippen molar-refractivity contribution in [2.45, 2.75) is 224 Å². The summed E-state index contributed by atoms with van der Waals surface area (Å²) in [5.74, 6) is -1.19. The van der Waals surface area contributed by atoms with Crippen LogP contribution in [0.4, 0.5) is 0 Å². The molecule has 14 heteroatoms. The highest BCUT2D eigenvalue weighted by Gasteiger charge is 2.51. The lowest BCUT2D eigenvalue weighted by atomic mass is 9.85. The Morgan fingerprint density at radius 2 is 0.889 bits per heavy atom. The Bertz CT molecular complexity index is 1330. The molecule has 0 heterocycles. The summed E-state index contributed by atoms with van der Waals surface area (Å²) in [6, 6.07) is 0. The zero-order chi connectivity index (χ0) is 46.4. The van der Waals surface area contributed by atoms with Crippen LogP contribution in [-0.2, 0) is 32.7 Å². The van der Waals surface area contributed by atoms with Crippen LogP contribution >= 0.6 is 7.82 Å². The van der Waals surface area contributed by atoms with Crippen molar-refractivity contribution >= 4 is 19.8 Å². The lowest BCUT2D eigenvalue weighted by molar-refractivity contribution is -0.220. The minimum absolute atomic E-state index is 0.0272. The van der Waals surface area contributed by atoms with Crippen LogP contribution in [0.25, 0.3) is 0 Å². The third-order valence-electron chi connectivity index (χ3n) is 10.9. The Morgan fingerprint density at radius 3 is 1.37 bits per heavy atom. The largest absolute Gasteiger partial charge is 0.472 e. The molecule has 13 nitrogen and oxygen atoms in total. The van der Waals surface area contributed by atoms with Crippen molar-refractivity contribution in [2.24, 2.45) is 0 Å². The zero-order valence-corrected chi connectivity index (χ0v) is 39.5. The fraction of sp³-hybridized carbons (Fsp3) is 0.755. The van der Waals surface area contributed by atoms with Gasteiger partial charge in [-0.1, -0.05) is 177 Å². The van der Waals surface area contributed by atoms with E-state index in [2.05, 4.69) is 56.4 Å². The topological polar surface area (TPSA) is 210 Å². The van der Waals surface area contributed by atoms with Gasteiger partial charge in [-0.15, -0.1) is 0 Å². The summed E-state index contributed by atoms with van der Waals surface area (Å²) in [5.41, 5.74) is 0. The Morgan fingerprint density at radius 1 is 0.492 bits per heavy atom. The van der Waals surface area contributed by atoms with Crippen molar-refractivity contribution in [1.29, 1.82) is 0 Å². The molecule has 0 spiro atoms. The molecule has 364 valence electrons. The van der Waals surface area contributed by atoms with Gasteiger partial charge in [0.1, 0.15) is 43.2 Å². The number of hydrogen-bond acceptors (Lipinski definition) is 12. The minimum atomic E-state index is -5.14. The number of phosphoric acid groups is 1. The second-order valence-electron chi connectivity index (χ2n) is 16.6. The molecule has 1 saturated carbocycles. The number of phosphoric ester groups is 1. The van der Waals surface area contributed by atoms with Crippen molar-refractivity contribution in [2.75, 3.05) is 13.2 Å². The van der Waals surface area contributed by atoms with Gasteiger partial charge in [-0.05, 0) is 51.4 Å². The van der Waals surface area contributed by atoms with Gasteiger partial charge in [-0.3, -0.25) is 18.6 Å². The Labute approximate surface area is 379 Å². The number of aliphatic hydroxyl groups excluding tert-OH is 5. The summed E-state index contributed by atoms with van der Waals surface area (Å²) in [6.45, 7) is 3.22. The van der Waals surface area contributed by atoms with Crippen LogP contribution in [-0.4, -0.2) is 98.3 Å². The van der Waals surface area contributed by atoms with Crippen LogP contribution in [0.5, 0.6) is 0 Å². The molecule has 0 aliphatic heterocycles. The van der Waals surface area contributed by atoms with Crippen molar-refractivity contribution in [1.82, 2.24) is 0 Å². The van der Waals surface area contributed by atoms with E-state index in [4.69, 9.17) is 18.5 Å². The van der Waals surface area contributed by atoms with Crippen LogP contribution in [0, 0.1) is 0 Å². The average Bonchev–Trinajstić information content (AvgIpc) is 3.26. The lowest BCUT2D eigenvalue weighted by Crippen LogP contribution is -2.64. The molecule has 0 aromatic rings. The second kappa shape index (κ2) is 38.8. The van der Waals surface area contributed by atoms with Gasteiger partial charge < -0.3 is 39.9 Å². The van der Waals surface area contributed by atoms with Gasteiger partial charge in [0.05, 0.1) is 6.61 Å². The van der Waals surface area contributed by atoms with Gasteiger partial charge in [0.25, 0.3) is 0 Å². The van der Waals surface area contributed by atoms with Crippen LogP contribution in [0.1, 0.15) is 181 Å². The summed E-state index contributed by atoms with van der Waals surface area (Å²) in [4.78, 5) is 35.7. The highest BCUT2D eigenvalue weighted by Crippen LogP contribution is 2.47. The van der Waals surface area contributed by atoms with E-state index in [1.54, 1.807) is 0 Å². The predicted octanol–water partition coefficient (Wildman–Crippen LogP) is 9.73. The summed E-state index contributed by atoms with van der Waals surface area (Å²) in [5, 5.41) is 50.2. The molecule has 0 aromatic heterocycles. The maximum Gasteiger partial charge on any atom is 0.472 e. The molecule has 6 N–H and O–H groups in total. The Kier molecular flexibility index (Phi) is 36.1. The molecule has 0 saturated heterocycles. The molecule has 0 bridgehead atoms. The number of rotatable bonds is 39. The fourth-order valence-electron chi connectivity index (χ4n) is 6.98. The number of allylic oxidation sites excluding steroid dienone is 10. The van der Waals surface area contributed by atoms with Gasteiger partial charge in [-0.25, -0.2) is 4.57 Å². The maximum atomic E-state index is 12.8. The molecular weight excluding hydrogens is 828 g/mol. The summed E-state index contributed by atoms with van der Waals surface area (Å²) in [6.07, 6.45) is 34.3. The van der Waals surface area contributed by atoms with Gasteiger partial charge in [-0.2, -0.15) is 0 Å². The van der Waals surface area contributed by atoms with E-state index in [0.717, 1.165) is 44.9 Å². The quantitative estimate of drug-likeness (QED) is 0.0147. The first kappa shape index (κ1) is 58.6. The first-order chi connectivity index (χ1) is 30.4. The first-order valence-corrected chi connectivity index (χ1v) is 25.6. The first-order valence-electron chi connectivity index (χ1n) is 24.1. The normalized spacial score (nSPS) is 22.2. The number of carbonyl (C=O) groups excluding carboxylic acids is 2. The van der Waals surface area contributed by atoms with Crippen molar-refractivity contribution in [3.8, 4) is 0 Å². The number of ether oxygens (including phenoxy) is 2. The highest BCUT2D eigenvalue weighted by atomic mass is 31.2. The van der Waals surface area contributed by atoms with Crippen molar-refractivity contribution in [3.63, 3.8) is 0 Å². The third-order valence-corrected chi connectivity index (χ3v) is 11.9. The van der Waals surface area contributed by atoms with Crippen LogP contribution in [0.3, 0.4) is 0 Å². The summed E-state index contributed by atoms with van der Waals surface area (Å²) in [7, 11) is -5.14. The standard InChI is InChI=1S/C49H85O13P/c1-3-5-7-9-11-13-15-17-19-20-21-22-24-26-28-30-32-34-36-38-43(51)61-41(40-60-63(57,58)62-49-47(55)45(53)44(52)46(54)48(49)56)39-59-42(50)37-35-33-31-29-27-25-23-18-16-14-12-10-8-6-4-2/h11,13,17,19,21-22,26,28,32,34,41,44-49,52-56H,3-10,12,14-16,18,20,23-25,27,29-31,33,35-40H2,1-2H3,(H,57,58). The molecule has 6 unspecified atom stereocenters. The van der Waals surface area contributed by atoms with E-state index in [0.29, 0.717) is 19.3 Å². The van der Waals surface area contributed by atoms with E-state index < -0.39 is 75.7 Å². The van der Waals surface area contributed by atoms with E-state index in [1.807, 2.05) is 18.2 Å². The van der Waals surface area contributed by atoms with Crippen LogP contribution in [0.15, 0.2) is 60.8 Å².